The van der Waals surface area contributed by atoms with Gasteiger partial charge in [-0.3, -0.25) is 0 Å². The van der Waals surface area contributed by atoms with Gasteiger partial charge >= 0.3 is 6.03 Å². The molecule has 2 heterocycles. The minimum absolute atomic E-state index is 0.303. The summed E-state index contributed by atoms with van der Waals surface area (Å²) >= 11 is 0. The number of amides is 2. The second kappa shape index (κ2) is 8.11. The number of pyridine rings is 1. The maximum absolute atomic E-state index is 12.1. The topological polar surface area (TPSA) is 94.0 Å². The second-order valence-corrected chi connectivity index (χ2v) is 5.56. The Balaban J connectivity index is 1.58. The Morgan fingerprint density at radius 2 is 2.04 bits per heavy atom. The van der Waals surface area contributed by atoms with Crippen molar-refractivity contribution in [3.05, 3.63) is 60.6 Å². The summed E-state index contributed by atoms with van der Waals surface area (Å²) in [4.78, 5) is 16.3. The van der Waals surface area contributed by atoms with Crippen LogP contribution >= 0.6 is 0 Å². The van der Waals surface area contributed by atoms with Crippen LogP contribution < -0.4 is 15.4 Å². The fourth-order valence-electron chi connectivity index (χ4n) is 2.31. The van der Waals surface area contributed by atoms with Crippen molar-refractivity contribution in [3.63, 3.8) is 0 Å². The third kappa shape index (κ3) is 4.35. The van der Waals surface area contributed by atoms with Crippen LogP contribution in [0, 0.1) is 0 Å². The molecular weight excluding hydrogens is 332 g/mol. The van der Waals surface area contributed by atoms with Gasteiger partial charge in [-0.25, -0.2) is 14.5 Å². The molecule has 0 fully saturated rings. The normalized spacial score (nSPS) is 11.6. The number of carbonyl (C=O) groups is 1. The standard InChI is InChI=1S/C18H20N6O2/c1-3-26-17-10-9-14(11-19-17)21-18(25)20-13(2)16-12-24(23-22-16)15-7-5-4-6-8-15/h4-13H,3H2,1-2H3,(H2,20,21,25). The van der Waals surface area contributed by atoms with Gasteiger partial charge in [-0.05, 0) is 32.0 Å². The number of carbonyl (C=O) groups excluding carboxylic acids is 1. The Labute approximate surface area is 151 Å². The van der Waals surface area contributed by atoms with Crippen LogP contribution in [0.15, 0.2) is 54.9 Å². The van der Waals surface area contributed by atoms with Gasteiger partial charge in [0.1, 0.15) is 5.69 Å². The van der Waals surface area contributed by atoms with E-state index in [9.17, 15) is 4.79 Å². The zero-order valence-electron chi connectivity index (χ0n) is 14.6. The van der Waals surface area contributed by atoms with Gasteiger partial charge < -0.3 is 15.4 Å². The van der Waals surface area contributed by atoms with Crippen molar-refractivity contribution in [3.8, 4) is 11.6 Å². The number of aromatic nitrogens is 4. The zero-order chi connectivity index (χ0) is 18.4. The number of para-hydroxylation sites is 1. The maximum Gasteiger partial charge on any atom is 0.319 e. The minimum atomic E-state index is -0.349. The number of rotatable bonds is 6. The van der Waals surface area contributed by atoms with E-state index >= 15 is 0 Å². The maximum atomic E-state index is 12.1. The summed E-state index contributed by atoms with van der Waals surface area (Å²) in [6.07, 6.45) is 3.33. The molecule has 3 rings (SSSR count). The quantitative estimate of drug-likeness (QED) is 0.711. The van der Waals surface area contributed by atoms with Crippen molar-refractivity contribution in [1.82, 2.24) is 25.3 Å². The first-order chi connectivity index (χ1) is 12.7. The van der Waals surface area contributed by atoms with Crippen molar-refractivity contribution in [1.29, 1.82) is 0 Å². The molecule has 0 aliphatic heterocycles. The van der Waals surface area contributed by atoms with Gasteiger partial charge in [-0.2, -0.15) is 0 Å². The number of nitrogens with one attached hydrogen (secondary N) is 2. The lowest BCUT2D eigenvalue weighted by molar-refractivity contribution is 0.249. The van der Waals surface area contributed by atoms with Crippen LogP contribution in [0.1, 0.15) is 25.6 Å². The fourth-order valence-corrected chi connectivity index (χ4v) is 2.31. The summed E-state index contributed by atoms with van der Waals surface area (Å²) < 4.78 is 6.94. The highest BCUT2D eigenvalue weighted by Crippen LogP contribution is 2.14. The molecule has 1 atom stereocenters. The molecular formula is C18H20N6O2. The first-order valence-electron chi connectivity index (χ1n) is 8.29. The Morgan fingerprint density at radius 1 is 1.23 bits per heavy atom. The van der Waals surface area contributed by atoms with E-state index < -0.39 is 0 Å². The fraction of sp³-hybridized carbons (Fsp3) is 0.222. The number of benzene rings is 1. The van der Waals surface area contributed by atoms with Crippen molar-refractivity contribution in [2.45, 2.75) is 19.9 Å². The molecule has 0 spiro atoms. The highest BCUT2D eigenvalue weighted by molar-refractivity contribution is 5.89. The van der Waals surface area contributed by atoms with Crippen molar-refractivity contribution in [2.24, 2.45) is 0 Å². The number of hydrogen-bond donors (Lipinski definition) is 2. The number of nitrogens with zero attached hydrogens (tertiary/aromatic N) is 4. The summed E-state index contributed by atoms with van der Waals surface area (Å²) in [5.74, 6) is 0.518. The van der Waals surface area contributed by atoms with E-state index in [2.05, 4.69) is 25.9 Å². The zero-order valence-corrected chi connectivity index (χ0v) is 14.6. The predicted molar refractivity (Wildman–Crippen MR) is 97.3 cm³/mol. The Kier molecular flexibility index (Phi) is 5.43. The largest absolute Gasteiger partial charge is 0.478 e. The van der Waals surface area contributed by atoms with Crippen LogP contribution in [-0.4, -0.2) is 32.6 Å². The monoisotopic (exact) mass is 352 g/mol. The molecule has 0 aliphatic rings. The van der Waals surface area contributed by atoms with Crippen molar-refractivity contribution < 1.29 is 9.53 Å². The molecule has 1 aromatic carbocycles. The average molecular weight is 352 g/mol. The van der Waals surface area contributed by atoms with Gasteiger partial charge in [0.25, 0.3) is 0 Å². The number of hydrogen-bond acceptors (Lipinski definition) is 5. The highest BCUT2D eigenvalue weighted by Gasteiger charge is 2.14. The van der Waals surface area contributed by atoms with E-state index in [0.29, 0.717) is 23.9 Å². The molecule has 0 saturated heterocycles. The smallest absolute Gasteiger partial charge is 0.319 e. The number of urea groups is 1. The Morgan fingerprint density at radius 3 is 2.73 bits per heavy atom. The molecule has 0 saturated carbocycles. The second-order valence-electron chi connectivity index (χ2n) is 5.56. The molecule has 8 heteroatoms. The molecule has 1 unspecified atom stereocenters. The van der Waals surface area contributed by atoms with Crippen molar-refractivity contribution in [2.75, 3.05) is 11.9 Å². The summed E-state index contributed by atoms with van der Waals surface area (Å²) in [6, 6.07) is 12.4. The third-order valence-electron chi connectivity index (χ3n) is 3.61. The van der Waals surface area contributed by atoms with Crippen LogP contribution in [0.25, 0.3) is 5.69 Å². The lowest BCUT2D eigenvalue weighted by Crippen LogP contribution is -2.31. The van der Waals surface area contributed by atoms with Crippen LogP contribution in [0.4, 0.5) is 10.5 Å². The van der Waals surface area contributed by atoms with Crippen LogP contribution in [0.3, 0.4) is 0 Å². The lowest BCUT2D eigenvalue weighted by Gasteiger charge is -2.12. The van der Waals surface area contributed by atoms with Gasteiger partial charge in [-0.1, -0.05) is 23.4 Å². The van der Waals surface area contributed by atoms with Crippen LogP contribution in [0.5, 0.6) is 5.88 Å². The molecule has 2 amide bonds. The Bertz CT molecular complexity index is 848. The van der Waals surface area contributed by atoms with Crippen LogP contribution in [-0.2, 0) is 0 Å². The van der Waals surface area contributed by atoms with E-state index in [1.54, 1.807) is 29.2 Å². The SMILES string of the molecule is CCOc1ccc(NC(=O)NC(C)c2cn(-c3ccccc3)nn2)cn1. The van der Waals surface area contributed by atoms with Gasteiger partial charge in [-0.15, -0.1) is 5.10 Å². The summed E-state index contributed by atoms with van der Waals surface area (Å²) in [6.45, 7) is 4.27. The highest BCUT2D eigenvalue weighted by atomic mass is 16.5. The lowest BCUT2D eigenvalue weighted by atomic mass is 10.2. The van der Waals surface area contributed by atoms with Crippen LogP contribution in [0.2, 0.25) is 0 Å². The molecule has 2 N–H and O–H groups in total. The van der Waals surface area contributed by atoms with E-state index in [1.807, 2.05) is 44.2 Å². The van der Waals surface area contributed by atoms with E-state index in [4.69, 9.17) is 4.74 Å². The predicted octanol–water partition coefficient (Wildman–Crippen LogP) is 2.94. The molecule has 26 heavy (non-hydrogen) atoms. The first kappa shape index (κ1) is 17.4. The van der Waals surface area contributed by atoms with Gasteiger partial charge in [0.05, 0.1) is 36.4 Å². The number of ether oxygens (including phenoxy) is 1. The number of anilines is 1. The molecule has 0 radical (unpaired) electrons. The first-order valence-corrected chi connectivity index (χ1v) is 8.29. The molecule has 8 nitrogen and oxygen atoms in total. The molecule has 2 aromatic heterocycles. The van der Waals surface area contributed by atoms with Gasteiger partial charge in [0.2, 0.25) is 5.88 Å². The van der Waals surface area contributed by atoms with E-state index in [0.717, 1.165) is 5.69 Å². The molecule has 3 aromatic rings. The third-order valence-corrected chi connectivity index (χ3v) is 3.61. The Hall–Kier alpha value is -3.42. The van der Waals surface area contributed by atoms with Gasteiger partial charge in [0, 0.05) is 6.07 Å². The summed E-state index contributed by atoms with van der Waals surface area (Å²) in [5, 5.41) is 13.8. The van der Waals surface area contributed by atoms with E-state index in [-0.39, 0.29) is 12.1 Å². The minimum Gasteiger partial charge on any atom is -0.478 e. The van der Waals surface area contributed by atoms with E-state index in [1.165, 1.54) is 0 Å². The molecule has 0 aliphatic carbocycles. The van der Waals surface area contributed by atoms with Gasteiger partial charge in [0.15, 0.2) is 0 Å². The molecule has 0 bridgehead atoms. The van der Waals surface area contributed by atoms with Crippen molar-refractivity contribution >= 4 is 11.7 Å². The molecule has 134 valence electrons. The average Bonchev–Trinajstić information content (AvgIpc) is 3.15. The summed E-state index contributed by atoms with van der Waals surface area (Å²) in [7, 11) is 0. The summed E-state index contributed by atoms with van der Waals surface area (Å²) in [5.41, 5.74) is 2.14.